The van der Waals surface area contributed by atoms with Gasteiger partial charge in [0.15, 0.2) is 4.83 Å². The number of carbonyl (C=O) groups is 1. The van der Waals surface area contributed by atoms with Crippen molar-refractivity contribution < 1.29 is 4.79 Å². The molecule has 1 N–H and O–H groups in total. The first-order chi connectivity index (χ1) is 13.5. The van der Waals surface area contributed by atoms with Crippen LogP contribution in [0.5, 0.6) is 0 Å². The van der Waals surface area contributed by atoms with Crippen LogP contribution in [0.15, 0.2) is 69.9 Å². The van der Waals surface area contributed by atoms with E-state index in [2.05, 4.69) is 31.6 Å². The van der Waals surface area contributed by atoms with Crippen LogP contribution in [0.1, 0.15) is 13.0 Å². The zero-order valence-corrected chi connectivity index (χ0v) is 17.2. The van der Waals surface area contributed by atoms with Gasteiger partial charge in [-0.15, -0.1) is 16.4 Å². The summed E-state index contributed by atoms with van der Waals surface area (Å²) in [5.41, 5.74) is 1.32. The summed E-state index contributed by atoms with van der Waals surface area (Å²) in [6, 6.07) is 18.0. The van der Waals surface area contributed by atoms with E-state index in [1.165, 1.54) is 11.3 Å². The minimum atomic E-state index is -0.798. The Morgan fingerprint density at radius 1 is 1.14 bits per heavy atom. The second-order valence-electron chi connectivity index (χ2n) is 6.21. The first-order valence-corrected chi connectivity index (χ1v) is 10.1. The van der Waals surface area contributed by atoms with Crippen LogP contribution in [-0.2, 0) is 4.79 Å². The number of anilines is 1. The van der Waals surface area contributed by atoms with Crippen molar-refractivity contribution in [2.24, 2.45) is 0 Å². The number of aromatic nitrogens is 3. The van der Waals surface area contributed by atoms with E-state index in [4.69, 9.17) is 0 Å². The molecule has 0 unspecified atom stereocenters. The molecule has 140 valence electrons. The number of nitrogens with one attached hydrogen (secondary N) is 1. The number of hydrogen-bond acceptors (Lipinski definition) is 5. The first-order valence-electron chi connectivity index (χ1n) is 8.54. The largest absolute Gasteiger partial charge is 0.324 e. The van der Waals surface area contributed by atoms with E-state index in [1.54, 1.807) is 19.1 Å². The van der Waals surface area contributed by atoms with Gasteiger partial charge in [-0.05, 0) is 42.8 Å². The van der Waals surface area contributed by atoms with E-state index >= 15 is 0 Å². The zero-order chi connectivity index (χ0) is 19.7. The van der Waals surface area contributed by atoms with Crippen LogP contribution in [0.25, 0.3) is 20.7 Å². The van der Waals surface area contributed by atoms with E-state index < -0.39 is 6.04 Å². The van der Waals surface area contributed by atoms with Crippen molar-refractivity contribution in [3.05, 3.63) is 75.5 Å². The van der Waals surface area contributed by atoms with Gasteiger partial charge >= 0.3 is 0 Å². The van der Waals surface area contributed by atoms with E-state index in [-0.39, 0.29) is 11.5 Å². The maximum Gasteiger partial charge on any atom is 0.279 e. The third kappa shape index (κ3) is 3.61. The van der Waals surface area contributed by atoms with Crippen molar-refractivity contribution in [2.75, 3.05) is 5.32 Å². The molecule has 0 fully saturated rings. The second kappa shape index (κ2) is 7.65. The van der Waals surface area contributed by atoms with E-state index in [0.717, 1.165) is 19.6 Å². The summed E-state index contributed by atoms with van der Waals surface area (Å²) in [6.07, 6.45) is 0. The molecule has 0 bridgehead atoms. The predicted octanol–water partition coefficient (Wildman–Crippen LogP) is 4.48. The van der Waals surface area contributed by atoms with Crippen molar-refractivity contribution in [1.82, 2.24) is 15.0 Å². The minimum absolute atomic E-state index is 0.332. The number of nitrogens with zero attached hydrogens (tertiary/aromatic N) is 3. The van der Waals surface area contributed by atoms with Crippen molar-refractivity contribution in [3.8, 4) is 10.4 Å². The fourth-order valence-corrected chi connectivity index (χ4v) is 3.99. The number of thiophene rings is 1. The Labute approximate surface area is 173 Å². The van der Waals surface area contributed by atoms with Crippen LogP contribution in [0, 0.1) is 0 Å². The fourth-order valence-electron chi connectivity index (χ4n) is 2.75. The van der Waals surface area contributed by atoms with Gasteiger partial charge in [-0.1, -0.05) is 51.5 Å². The highest BCUT2D eigenvalue weighted by molar-refractivity contribution is 9.10. The monoisotopic (exact) mass is 454 g/mol. The Morgan fingerprint density at radius 2 is 1.86 bits per heavy atom. The maximum absolute atomic E-state index is 12.9. The molecule has 4 rings (SSSR count). The highest BCUT2D eigenvalue weighted by atomic mass is 79.9. The Morgan fingerprint density at radius 3 is 2.57 bits per heavy atom. The van der Waals surface area contributed by atoms with Crippen molar-refractivity contribution >= 4 is 49.1 Å². The van der Waals surface area contributed by atoms with Crippen LogP contribution >= 0.6 is 27.3 Å². The van der Waals surface area contributed by atoms with Gasteiger partial charge in [0.2, 0.25) is 5.91 Å². The smallest absolute Gasteiger partial charge is 0.279 e. The third-order valence-corrected chi connectivity index (χ3v) is 5.90. The molecule has 2 aromatic heterocycles. The lowest BCUT2D eigenvalue weighted by Crippen LogP contribution is -2.33. The Hall–Kier alpha value is -2.84. The van der Waals surface area contributed by atoms with Crippen LogP contribution in [0.3, 0.4) is 0 Å². The molecule has 28 heavy (non-hydrogen) atoms. The van der Waals surface area contributed by atoms with E-state index in [9.17, 15) is 9.59 Å². The summed E-state index contributed by atoms with van der Waals surface area (Å²) in [5, 5.41) is 11.4. The molecule has 8 heteroatoms. The molecule has 0 saturated carbocycles. The number of hydrogen-bond donors (Lipinski definition) is 1. The predicted molar refractivity (Wildman–Crippen MR) is 115 cm³/mol. The highest BCUT2D eigenvalue weighted by Gasteiger charge is 2.20. The van der Waals surface area contributed by atoms with Gasteiger partial charge in [-0.3, -0.25) is 9.59 Å². The SMILES string of the molecule is C[C@@H](C(=O)Nc1ccc(Br)cc1)n1nnc2sc(-c3ccccc3)cc2c1=O. The standard InChI is InChI=1S/C20H15BrN4O2S/c1-12(18(26)22-15-9-7-14(21)8-10-15)25-20(27)16-11-17(28-19(16)23-24-25)13-5-3-2-4-6-13/h2-12H,1H3,(H,22,26)/t12-/m0/s1. The summed E-state index contributed by atoms with van der Waals surface area (Å²) < 4.78 is 2.04. The van der Waals surface area contributed by atoms with Crippen LogP contribution in [-0.4, -0.2) is 20.9 Å². The first kappa shape index (κ1) is 18.5. The maximum atomic E-state index is 12.9. The number of halogens is 1. The molecule has 1 atom stereocenters. The molecule has 0 saturated heterocycles. The van der Waals surface area contributed by atoms with Gasteiger partial charge in [-0.2, -0.15) is 4.68 Å². The Balaban J connectivity index is 1.64. The summed E-state index contributed by atoms with van der Waals surface area (Å²) in [7, 11) is 0. The molecule has 2 heterocycles. The van der Waals surface area contributed by atoms with Gasteiger partial charge in [0.1, 0.15) is 6.04 Å². The highest BCUT2D eigenvalue weighted by Crippen LogP contribution is 2.30. The average molecular weight is 455 g/mol. The molecule has 0 radical (unpaired) electrons. The van der Waals surface area contributed by atoms with Gasteiger partial charge in [0, 0.05) is 15.0 Å². The minimum Gasteiger partial charge on any atom is -0.324 e. The normalized spacial score (nSPS) is 12.1. The zero-order valence-electron chi connectivity index (χ0n) is 14.8. The van der Waals surface area contributed by atoms with E-state index in [0.29, 0.717) is 15.9 Å². The average Bonchev–Trinajstić information content (AvgIpc) is 3.15. The number of benzene rings is 2. The van der Waals surface area contributed by atoms with Gasteiger partial charge in [0.25, 0.3) is 5.56 Å². The fraction of sp³-hybridized carbons (Fsp3) is 0.100. The lowest BCUT2D eigenvalue weighted by atomic mass is 10.2. The van der Waals surface area contributed by atoms with Gasteiger partial charge < -0.3 is 5.32 Å². The van der Waals surface area contributed by atoms with Crippen LogP contribution in [0.2, 0.25) is 0 Å². The number of amides is 1. The van der Waals surface area contributed by atoms with Crippen LogP contribution < -0.4 is 10.9 Å². The molecule has 6 nitrogen and oxygen atoms in total. The van der Waals surface area contributed by atoms with E-state index in [1.807, 2.05) is 48.5 Å². The summed E-state index contributed by atoms with van der Waals surface area (Å²) in [4.78, 5) is 27.0. The lowest BCUT2D eigenvalue weighted by molar-refractivity contribution is -0.119. The summed E-state index contributed by atoms with van der Waals surface area (Å²) in [6.45, 7) is 1.63. The van der Waals surface area contributed by atoms with Crippen molar-refractivity contribution in [3.63, 3.8) is 0 Å². The Kier molecular flexibility index (Phi) is 5.06. The van der Waals surface area contributed by atoms with Crippen molar-refractivity contribution in [2.45, 2.75) is 13.0 Å². The molecule has 4 aromatic rings. The topological polar surface area (TPSA) is 76.9 Å². The number of rotatable bonds is 4. The van der Waals surface area contributed by atoms with Crippen LogP contribution in [0.4, 0.5) is 5.69 Å². The lowest BCUT2D eigenvalue weighted by Gasteiger charge is -2.13. The third-order valence-electron chi connectivity index (χ3n) is 4.30. The number of carbonyl (C=O) groups excluding carboxylic acids is 1. The molecule has 0 spiro atoms. The Bertz CT molecular complexity index is 1200. The van der Waals surface area contributed by atoms with Gasteiger partial charge in [0.05, 0.1) is 5.39 Å². The second-order valence-corrected chi connectivity index (χ2v) is 8.15. The van der Waals surface area contributed by atoms with Crippen molar-refractivity contribution in [1.29, 1.82) is 0 Å². The molecule has 0 aliphatic heterocycles. The molecular weight excluding hydrogens is 440 g/mol. The number of fused-ring (bicyclic) bond motifs is 1. The quantitative estimate of drug-likeness (QED) is 0.492. The summed E-state index contributed by atoms with van der Waals surface area (Å²) >= 11 is 4.76. The molecule has 1 amide bonds. The molecule has 0 aliphatic carbocycles. The summed E-state index contributed by atoms with van der Waals surface area (Å²) in [5.74, 6) is -0.336. The van der Waals surface area contributed by atoms with Gasteiger partial charge in [-0.25, -0.2) is 0 Å². The molecule has 2 aromatic carbocycles. The molecule has 0 aliphatic rings. The molecular formula is C20H15BrN4O2S.